The zero-order valence-electron chi connectivity index (χ0n) is 19.1. The van der Waals surface area contributed by atoms with Crippen LogP contribution < -0.4 is 25.0 Å². The third kappa shape index (κ3) is 4.23. The smallest absolute Gasteiger partial charge is 0.337 e. The fraction of sp³-hybridized carbons (Fsp3) is 0.417. The van der Waals surface area contributed by atoms with Gasteiger partial charge in [-0.05, 0) is 43.2 Å². The summed E-state index contributed by atoms with van der Waals surface area (Å²) in [4.78, 5) is 15.0. The highest BCUT2D eigenvalue weighted by Crippen LogP contribution is 2.34. The lowest BCUT2D eigenvalue weighted by Crippen LogP contribution is -2.43. The molecule has 170 valence electrons. The standard InChI is InChI=1S/C24H31N5O3/c1-16-13-18-14-21(31-3)22(32-4)15-20(18)23(27-29(16)24(30)25-2)17-5-7-19(8-6-17)28-11-9-26-10-12-28/h5-8,14-16,26H,9-13H2,1-4H3,(H,25,30). The molecule has 4 rings (SSSR count). The van der Waals surface area contributed by atoms with Gasteiger partial charge in [0.25, 0.3) is 0 Å². The minimum absolute atomic E-state index is 0.121. The molecule has 2 amide bonds. The van der Waals surface area contributed by atoms with Crippen LogP contribution in [0.4, 0.5) is 10.5 Å². The first-order valence-electron chi connectivity index (χ1n) is 11.0. The first-order chi connectivity index (χ1) is 15.5. The van der Waals surface area contributed by atoms with Gasteiger partial charge >= 0.3 is 6.03 Å². The van der Waals surface area contributed by atoms with E-state index in [0.29, 0.717) is 17.9 Å². The normalized spacial score (nSPS) is 18.4. The van der Waals surface area contributed by atoms with Crippen molar-refractivity contribution in [2.75, 3.05) is 52.3 Å². The van der Waals surface area contributed by atoms with Gasteiger partial charge in [0.05, 0.1) is 26.0 Å². The van der Waals surface area contributed by atoms with E-state index in [9.17, 15) is 4.79 Å². The van der Waals surface area contributed by atoms with Crippen molar-refractivity contribution < 1.29 is 14.3 Å². The summed E-state index contributed by atoms with van der Waals surface area (Å²) in [6.07, 6.45) is 0.648. The second-order valence-corrected chi connectivity index (χ2v) is 8.05. The van der Waals surface area contributed by atoms with E-state index < -0.39 is 0 Å². The fourth-order valence-corrected chi connectivity index (χ4v) is 4.30. The molecule has 2 aromatic rings. The molecule has 0 spiro atoms. The minimum Gasteiger partial charge on any atom is -0.493 e. The van der Waals surface area contributed by atoms with Crippen LogP contribution in [0.2, 0.25) is 0 Å². The van der Waals surface area contributed by atoms with E-state index in [1.54, 1.807) is 21.3 Å². The summed E-state index contributed by atoms with van der Waals surface area (Å²) in [6, 6.07) is 12.0. The summed E-state index contributed by atoms with van der Waals surface area (Å²) in [5, 5.41) is 12.4. The molecule has 1 atom stereocenters. The molecular formula is C24H31N5O3. The van der Waals surface area contributed by atoms with E-state index in [4.69, 9.17) is 14.6 Å². The van der Waals surface area contributed by atoms with Crippen molar-refractivity contribution in [1.29, 1.82) is 0 Å². The van der Waals surface area contributed by atoms with Gasteiger partial charge in [0.2, 0.25) is 0 Å². The van der Waals surface area contributed by atoms with Crippen molar-refractivity contribution in [3.05, 3.63) is 53.1 Å². The van der Waals surface area contributed by atoms with E-state index in [2.05, 4.69) is 39.8 Å². The van der Waals surface area contributed by atoms with E-state index in [1.807, 2.05) is 19.1 Å². The molecule has 2 heterocycles. The molecule has 8 heteroatoms. The summed E-state index contributed by atoms with van der Waals surface area (Å²) in [6.45, 7) is 5.95. The van der Waals surface area contributed by atoms with Crippen molar-refractivity contribution in [3.63, 3.8) is 0 Å². The zero-order chi connectivity index (χ0) is 22.7. The summed E-state index contributed by atoms with van der Waals surface area (Å²) in [7, 11) is 4.88. The van der Waals surface area contributed by atoms with E-state index in [0.717, 1.165) is 48.6 Å². The highest BCUT2D eigenvalue weighted by atomic mass is 16.5. The number of urea groups is 1. The number of piperazine rings is 1. The molecular weight excluding hydrogens is 406 g/mol. The maximum Gasteiger partial charge on any atom is 0.337 e. The fourth-order valence-electron chi connectivity index (χ4n) is 4.30. The molecule has 0 aliphatic carbocycles. The van der Waals surface area contributed by atoms with Crippen molar-refractivity contribution in [2.45, 2.75) is 19.4 Å². The number of hydrazone groups is 1. The molecule has 1 fully saturated rings. The number of ether oxygens (including phenoxy) is 2. The average molecular weight is 438 g/mol. The predicted octanol–water partition coefficient (Wildman–Crippen LogP) is 2.45. The van der Waals surface area contributed by atoms with E-state index in [1.165, 1.54) is 10.7 Å². The number of hydrogen-bond donors (Lipinski definition) is 2. The van der Waals surface area contributed by atoms with Crippen LogP contribution in [0.5, 0.6) is 11.5 Å². The van der Waals surface area contributed by atoms with Gasteiger partial charge in [0.1, 0.15) is 0 Å². The number of amides is 2. The molecule has 2 aliphatic heterocycles. The Morgan fingerprint density at radius 3 is 2.38 bits per heavy atom. The highest BCUT2D eigenvalue weighted by molar-refractivity contribution is 6.14. The molecule has 32 heavy (non-hydrogen) atoms. The second kappa shape index (κ2) is 9.48. The van der Waals surface area contributed by atoms with Gasteiger partial charge < -0.3 is 25.0 Å². The summed E-state index contributed by atoms with van der Waals surface area (Å²) < 4.78 is 11.1. The summed E-state index contributed by atoms with van der Waals surface area (Å²) in [5.74, 6) is 1.30. The van der Waals surface area contributed by atoms with Gasteiger partial charge in [-0.1, -0.05) is 12.1 Å². The van der Waals surface area contributed by atoms with Gasteiger partial charge in [-0.2, -0.15) is 5.10 Å². The maximum atomic E-state index is 12.6. The number of fused-ring (bicyclic) bond motifs is 1. The van der Waals surface area contributed by atoms with E-state index >= 15 is 0 Å². The van der Waals surface area contributed by atoms with Crippen LogP contribution in [0, 0.1) is 0 Å². The Balaban J connectivity index is 1.80. The monoisotopic (exact) mass is 437 g/mol. The topological polar surface area (TPSA) is 78.4 Å². The van der Waals surface area contributed by atoms with Crippen LogP contribution in [0.25, 0.3) is 0 Å². The molecule has 8 nitrogen and oxygen atoms in total. The third-order valence-electron chi connectivity index (χ3n) is 6.05. The van der Waals surface area contributed by atoms with Crippen molar-refractivity contribution in [1.82, 2.24) is 15.6 Å². The summed E-state index contributed by atoms with van der Waals surface area (Å²) >= 11 is 0. The van der Waals surface area contributed by atoms with Crippen molar-refractivity contribution >= 4 is 17.4 Å². The number of carbonyl (C=O) groups is 1. The number of carbonyl (C=O) groups excluding carboxylic acids is 1. The van der Waals surface area contributed by atoms with Gasteiger partial charge in [0, 0.05) is 50.0 Å². The first-order valence-corrected chi connectivity index (χ1v) is 11.0. The first kappa shape index (κ1) is 22.0. The quantitative estimate of drug-likeness (QED) is 0.768. The number of methoxy groups -OCH3 is 2. The molecule has 1 saturated heterocycles. The van der Waals surface area contributed by atoms with Crippen LogP contribution in [-0.2, 0) is 6.42 Å². The lowest BCUT2D eigenvalue weighted by atomic mass is 9.94. The van der Waals surface area contributed by atoms with Crippen molar-refractivity contribution in [2.24, 2.45) is 5.10 Å². The van der Waals surface area contributed by atoms with Crippen LogP contribution >= 0.6 is 0 Å². The number of hydrogen-bond acceptors (Lipinski definition) is 6. The summed E-state index contributed by atoms with van der Waals surface area (Å²) in [5.41, 5.74) is 4.87. The lowest BCUT2D eigenvalue weighted by Gasteiger charge is -2.29. The average Bonchev–Trinajstić information content (AvgIpc) is 2.98. The second-order valence-electron chi connectivity index (χ2n) is 8.05. The molecule has 0 radical (unpaired) electrons. The zero-order valence-corrected chi connectivity index (χ0v) is 19.1. The Kier molecular flexibility index (Phi) is 6.50. The van der Waals surface area contributed by atoms with Gasteiger partial charge in [0.15, 0.2) is 11.5 Å². The molecule has 2 aliphatic rings. The Bertz CT molecular complexity index is 999. The molecule has 2 aromatic carbocycles. The van der Waals surface area contributed by atoms with Crippen LogP contribution in [0.15, 0.2) is 41.5 Å². The molecule has 1 unspecified atom stereocenters. The maximum absolute atomic E-state index is 12.6. The third-order valence-corrected chi connectivity index (χ3v) is 6.05. The van der Waals surface area contributed by atoms with Gasteiger partial charge in [-0.25, -0.2) is 9.80 Å². The predicted molar refractivity (Wildman–Crippen MR) is 126 cm³/mol. The number of rotatable bonds is 4. The number of anilines is 1. The molecule has 0 saturated carbocycles. The SMILES string of the molecule is CNC(=O)N1N=C(c2ccc(N3CCNCC3)cc2)c2cc(OC)c(OC)cc2CC1C. The van der Waals surface area contributed by atoms with Crippen molar-refractivity contribution in [3.8, 4) is 11.5 Å². The number of nitrogens with zero attached hydrogens (tertiary/aromatic N) is 3. The number of benzene rings is 2. The van der Waals surface area contributed by atoms with E-state index in [-0.39, 0.29) is 12.1 Å². The Morgan fingerprint density at radius 2 is 1.75 bits per heavy atom. The minimum atomic E-state index is -0.237. The Morgan fingerprint density at radius 1 is 1.09 bits per heavy atom. The number of nitrogens with one attached hydrogen (secondary N) is 2. The van der Waals surface area contributed by atoms with Crippen LogP contribution in [-0.4, -0.2) is 70.2 Å². The molecule has 2 N–H and O–H groups in total. The van der Waals surface area contributed by atoms with Gasteiger partial charge in [-0.15, -0.1) is 0 Å². The van der Waals surface area contributed by atoms with Crippen LogP contribution in [0.3, 0.4) is 0 Å². The van der Waals surface area contributed by atoms with Gasteiger partial charge in [-0.3, -0.25) is 0 Å². The Labute approximate surface area is 189 Å². The Hall–Kier alpha value is -3.26. The lowest BCUT2D eigenvalue weighted by molar-refractivity contribution is 0.184. The largest absolute Gasteiger partial charge is 0.493 e. The van der Waals surface area contributed by atoms with Crippen LogP contribution in [0.1, 0.15) is 23.6 Å². The molecule has 0 aromatic heterocycles. The molecule has 0 bridgehead atoms. The highest BCUT2D eigenvalue weighted by Gasteiger charge is 2.28.